The van der Waals surface area contributed by atoms with E-state index in [9.17, 15) is 9.35 Å². The van der Waals surface area contributed by atoms with Crippen molar-refractivity contribution in [2.24, 2.45) is 10.3 Å². The summed E-state index contributed by atoms with van der Waals surface area (Å²) in [5.74, 6) is 0.478. The molecule has 34 heavy (non-hydrogen) atoms. The summed E-state index contributed by atoms with van der Waals surface area (Å²) in [4.78, 5) is 15.1. The van der Waals surface area contributed by atoms with Crippen molar-refractivity contribution in [3.8, 4) is 0 Å². The van der Waals surface area contributed by atoms with E-state index in [1.54, 1.807) is 6.21 Å². The van der Waals surface area contributed by atoms with Crippen molar-refractivity contribution < 1.29 is 18.5 Å². The van der Waals surface area contributed by atoms with Gasteiger partial charge in [0.05, 0.1) is 18.9 Å². The molecule has 0 aliphatic carbocycles. The smallest absolute Gasteiger partial charge is 0.410 e. The van der Waals surface area contributed by atoms with Crippen LogP contribution in [0, 0.1) is 5.92 Å². The second kappa shape index (κ2) is 13.7. The monoisotopic (exact) mass is 518 g/mol. The van der Waals surface area contributed by atoms with E-state index in [4.69, 9.17) is 9.16 Å². The lowest BCUT2D eigenvalue weighted by atomic mass is 10.1. The summed E-state index contributed by atoms with van der Waals surface area (Å²) in [5, 5.41) is 0.0932. The van der Waals surface area contributed by atoms with Crippen LogP contribution in [0.4, 0.5) is 4.79 Å². The van der Waals surface area contributed by atoms with Gasteiger partial charge in [0.15, 0.2) is 8.32 Å². The first-order chi connectivity index (χ1) is 15.2. The fraction of sp³-hybridized carbons (Fsp3) is 0.923. The van der Waals surface area contributed by atoms with Gasteiger partial charge in [-0.1, -0.05) is 39.0 Å². The van der Waals surface area contributed by atoms with Gasteiger partial charge in [-0.15, -0.1) is 0 Å². The highest BCUT2D eigenvalue weighted by molar-refractivity contribution is 7.91. The molecule has 2 atom stereocenters. The molecule has 1 unspecified atom stereocenters. The van der Waals surface area contributed by atoms with Gasteiger partial charge in [-0.25, -0.2) is 4.79 Å². The van der Waals surface area contributed by atoms with Gasteiger partial charge in [-0.05, 0) is 91.3 Å². The summed E-state index contributed by atoms with van der Waals surface area (Å²) >= 11 is -1.25. The Labute approximate surface area is 215 Å². The number of ether oxygens (including phenoxy) is 1. The van der Waals surface area contributed by atoms with Crippen molar-refractivity contribution in [1.29, 1.82) is 0 Å². The zero-order valence-corrected chi connectivity index (χ0v) is 26.2. The predicted octanol–water partition coefficient (Wildman–Crippen LogP) is 7.36. The van der Waals surface area contributed by atoms with Crippen LogP contribution in [0.25, 0.3) is 0 Å². The van der Waals surface area contributed by atoms with Gasteiger partial charge in [0.2, 0.25) is 0 Å². The standard InChI is InChI=1S/C26H54N2O4SSi/c1-21(2)17-19-28(23(29)32-24(3,4)5)22(20-31-34(12,13)26(9,10)11)16-14-15-18-27-33(30)25(6,7)8/h18,21-22H,14-17,19-20H2,1-13H3/t22-,33?/m0/s1. The van der Waals surface area contributed by atoms with Crippen LogP contribution < -0.4 is 0 Å². The van der Waals surface area contributed by atoms with Crippen LogP contribution in [-0.2, 0) is 20.5 Å². The summed E-state index contributed by atoms with van der Waals surface area (Å²) in [6.07, 6.45) is 4.71. The minimum Gasteiger partial charge on any atom is -0.591 e. The summed E-state index contributed by atoms with van der Waals surface area (Å²) in [7, 11) is -1.98. The van der Waals surface area contributed by atoms with Crippen molar-refractivity contribution in [1.82, 2.24) is 4.90 Å². The third-order valence-corrected chi connectivity index (χ3v) is 11.9. The number of unbranched alkanes of at least 4 members (excludes halogenated alkanes) is 1. The molecule has 202 valence electrons. The molecule has 0 spiro atoms. The lowest BCUT2D eigenvalue weighted by Gasteiger charge is -2.40. The molecule has 1 amide bonds. The number of hydrogen-bond acceptors (Lipinski definition) is 5. The quantitative estimate of drug-likeness (QED) is 0.117. The minimum absolute atomic E-state index is 0.0794. The van der Waals surface area contributed by atoms with E-state index in [0.717, 1.165) is 19.3 Å². The van der Waals surface area contributed by atoms with Gasteiger partial charge >= 0.3 is 6.09 Å². The van der Waals surface area contributed by atoms with Crippen molar-refractivity contribution in [2.75, 3.05) is 13.2 Å². The number of carbonyl (C=O) groups excluding carboxylic acids is 1. The third kappa shape index (κ3) is 13.5. The molecule has 6 nitrogen and oxygen atoms in total. The largest absolute Gasteiger partial charge is 0.591 e. The molecular weight excluding hydrogens is 464 g/mol. The highest BCUT2D eigenvalue weighted by atomic mass is 32.2. The number of hydrogen-bond donors (Lipinski definition) is 0. The van der Waals surface area contributed by atoms with Crippen LogP contribution in [-0.4, -0.2) is 59.6 Å². The average molecular weight is 519 g/mol. The summed E-state index contributed by atoms with van der Waals surface area (Å²) in [6, 6.07) is -0.0794. The van der Waals surface area contributed by atoms with E-state index in [1.165, 1.54) is 0 Å². The Balaban J connectivity index is 5.59. The van der Waals surface area contributed by atoms with Crippen molar-refractivity contribution in [3.63, 3.8) is 0 Å². The minimum atomic E-state index is -1.98. The summed E-state index contributed by atoms with van der Waals surface area (Å²) in [5.41, 5.74) is -0.554. The fourth-order valence-corrected chi connectivity index (χ4v) is 4.31. The molecule has 0 saturated heterocycles. The number of carbonyl (C=O) groups is 1. The molecule has 0 aliphatic heterocycles. The normalized spacial score (nSPS) is 15.6. The Morgan fingerprint density at radius 1 is 1.06 bits per heavy atom. The van der Waals surface area contributed by atoms with E-state index in [2.05, 4.69) is 52.1 Å². The number of amides is 1. The van der Waals surface area contributed by atoms with Crippen LogP contribution in [0.15, 0.2) is 4.40 Å². The van der Waals surface area contributed by atoms with E-state index >= 15 is 0 Å². The van der Waals surface area contributed by atoms with E-state index < -0.39 is 25.3 Å². The number of nitrogens with zero attached hydrogens (tertiary/aromatic N) is 2. The van der Waals surface area contributed by atoms with Crippen molar-refractivity contribution >= 4 is 32.0 Å². The van der Waals surface area contributed by atoms with E-state index in [-0.39, 0.29) is 21.9 Å². The zero-order valence-electron chi connectivity index (χ0n) is 24.4. The molecule has 0 aromatic heterocycles. The number of rotatable bonds is 12. The highest BCUT2D eigenvalue weighted by Crippen LogP contribution is 2.37. The SMILES string of the molecule is CC(C)CCN(C(=O)OC(C)(C)C)[C@@H](CCCC=N[S+]([O-])C(C)(C)C)CO[Si](C)(C)C(C)(C)C. The first-order valence-corrected chi connectivity index (χ1v) is 16.8. The van der Waals surface area contributed by atoms with Crippen LogP contribution >= 0.6 is 0 Å². The molecule has 0 rings (SSSR count). The van der Waals surface area contributed by atoms with Gasteiger partial charge in [-0.3, -0.25) is 0 Å². The Bertz CT molecular complexity index is 634. The lowest BCUT2D eigenvalue weighted by Crippen LogP contribution is -2.49. The van der Waals surface area contributed by atoms with Gasteiger partial charge in [0, 0.05) is 6.54 Å². The second-order valence-corrected chi connectivity index (χ2v) is 19.9. The van der Waals surface area contributed by atoms with Gasteiger partial charge in [0.25, 0.3) is 0 Å². The predicted molar refractivity (Wildman–Crippen MR) is 150 cm³/mol. The zero-order chi connectivity index (χ0) is 27.0. The Hall–Kier alpha value is -0.573. The first-order valence-electron chi connectivity index (χ1n) is 12.8. The summed E-state index contributed by atoms with van der Waals surface area (Å²) in [6.45, 7) is 28.1. The molecule has 0 fully saturated rings. The fourth-order valence-electron chi connectivity index (χ4n) is 2.71. The second-order valence-electron chi connectivity index (χ2n) is 13.2. The first kappa shape index (κ1) is 33.4. The third-order valence-electron chi connectivity index (χ3n) is 6.02. The molecule has 0 radical (unpaired) electrons. The molecule has 0 aromatic carbocycles. The van der Waals surface area contributed by atoms with Gasteiger partial charge < -0.3 is 18.6 Å². The Morgan fingerprint density at radius 2 is 1.62 bits per heavy atom. The maximum absolute atomic E-state index is 13.2. The van der Waals surface area contributed by atoms with E-state index in [0.29, 0.717) is 25.5 Å². The maximum atomic E-state index is 13.2. The Kier molecular flexibility index (Phi) is 13.4. The molecule has 0 aliphatic rings. The van der Waals surface area contributed by atoms with Crippen LogP contribution in [0.2, 0.25) is 18.1 Å². The average Bonchev–Trinajstić information content (AvgIpc) is 2.61. The molecule has 0 heterocycles. The van der Waals surface area contributed by atoms with Gasteiger partial charge in [-0.2, -0.15) is 0 Å². The highest BCUT2D eigenvalue weighted by Gasteiger charge is 2.38. The lowest BCUT2D eigenvalue weighted by molar-refractivity contribution is 0.00773. The molecule has 0 aromatic rings. The maximum Gasteiger partial charge on any atom is 0.410 e. The van der Waals surface area contributed by atoms with Crippen molar-refractivity contribution in [3.05, 3.63) is 0 Å². The van der Waals surface area contributed by atoms with Crippen LogP contribution in [0.1, 0.15) is 102 Å². The molecule has 8 heteroatoms. The van der Waals surface area contributed by atoms with E-state index in [1.807, 2.05) is 46.4 Å². The topological polar surface area (TPSA) is 74.2 Å². The molecular formula is C26H54N2O4SSi. The van der Waals surface area contributed by atoms with Crippen LogP contribution in [0.3, 0.4) is 0 Å². The molecule has 0 bridgehead atoms. The summed E-state index contributed by atoms with van der Waals surface area (Å²) < 4.78 is 28.4. The molecule has 0 saturated carbocycles. The van der Waals surface area contributed by atoms with Crippen molar-refractivity contribution in [2.45, 2.75) is 136 Å². The van der Waals surface area contributed by atoms with Gasteiger partial charge in [0.1, 0.15) is 21.7 Å². The Morgan fingerprint density at radius 3 is 2.06 bits per heavy atom. The molecule has 0 N–H and O–H groups in total. The van der Waals surface area contributed by atoms with Crippen LogP contribution in [0.5, 0.6) is 0 Å².